The van der Waals surface area contributed by atoms with Crippen molar-refractivity contribution in [3.8, 4) is 11.5 Å². The van der Waals surface area contributed by atoms with Gasteiger partial charge < -0.3 is 14.2 Å². The van der Waals surface area contributed by atoms with Gasteiger partial charge in [0.05, 0.1) is 24.9 Å². The Bertz CT molecular complexity index is 1070. The highest BCUT2D eigenvalue weighted by atomic mass is 16.7. The minimum absolute atomic E-state index is 0.0444. The summed E-state index contributed by atoms with van der Waals surface area (Å²) in [5.41, 5.74) is 2.67. The Morgan fingerprint density at radius 2 is 2.10 bits per heavy atom. The van der Waals surface area contributed by atoms with E-state index < -0.39 is 6.10 Å². The van der Waals surface area contributed by atoms with E-state index in [0.717, 1.165) is 24.8 Å². The van der Waals surface area contributed by atoms with Gasteiger partial charge >= 0.3 is 0 Å². The van der Waals surface area contributed by atoms with Crippen LogP contribution in [0.2, 0.25) is 0 Å². The van der Waals surface area contributed by atoms with Gasteiger partial charge in [0.1, 0.15) is 11.5 Å². The minimum Gasteiger partial charge on any atom is -0.476 e. The summed E-state index contributed by atoms with van der Waals surface area (Å²) in [5, 5.41) is 0. The van der Waals surface area contributed by atoms with Gasteiger partial charge in [-0.05, 0) is 61.6 Å². The van der Waals surface area contributed by atoms with Crippen molar-refractivity contribution in [1.82, 2.24) is 4.98 Å². The number of hydrogen-bond donors (Lipinski definition) is 0. The molecule has 0 N–H and O–H groups in total. The number of ether oxygens (including phenoxy) is 3. The Kier molecular flexibility index (Phi) is 5.28. The summed E-state index contributed by atoms with van der Waals surface area (Å²) in [7, 11) is 1.50. The van der Waals surface area contributed by atoms with Gasteiger partial charge in [-0.25, -0.2) is 0 Å². The predicted molar refractivity (Wildman–Crippen MR) is 116 cm³/mol. The molecule has 1 aliphatic carbocycles. The number of aromatic nitrogens is 1. The number of benzene rings is 1. The quantitative estimate of drug-likeness (QED) is 0.714. The SMILES string of the molecule is COC1=CC(Oc2cccnc2)C(=O)c2cc(C3CCC4CCC=CC4=N3)ccc2O1. The number of allylic oxidation sites excluding steroid dienone is 2. The summed E-state index contributed by atoms with van der Waals surface area (Å²) in [4.78, 5) is 22.4. The molecule has 0 radical (unpaired) electrons. The molecule has 2 aromatic rings. The summed E-state index contributed by atoms with van der Waals surface area (Å²) < 4.78 is 17.1. The number of hydrogen-bond acceptors (Lipinski definition) is 6. The number of aliphatic imine (C=N–C) groups is 1. The maximum atomic E-state index is 13.4. The van der Waals surface area contributed by atoms with Crippen LogP contribution in [0, 0.1) is 5.92 Å². The van der Waals surface area contributed by atoms with Crippen LogP contribution in [0.3, 0.4) is 0 Å². The van der Waals surface area contributed by atoms with E-state index in [0.29, 0.717) is 23.0 Å². The number of nitrogens with zero attached hydrogens (tertiary/aromatic N) is 2. The first-order valence-corrected chi connectivity index (χ1v) is 10.6. The van der Waals surface area contributed by atoms with Gasteiger partial charge in [-0.1, -0.05) is 12.1 Å². The molecule has 2 aliphatic heterocycles. The van der Waals surface area contributed by atoms with Crippen LogP contribution in [0.25, 0.3) is 0 Å². The average Bonchev–Trinajstić information content (AvgIpc) is 2.95. The summed E-state index contributed by atoms with van der Waals surface area (Å²) in [5.74, 6) is 1.56. The third-order valence-corrected chi connectivity index (χ3v) is 5.99. The van der Waals surface area contributed by atoms with E-state index in [9.17, 15) is 4.79 Å². The second-order valence-electron chi connectivity index (χ2n) is 7.96. The normalized spacial score (nSPS) is 24.7. The zero-order chi connectivity index (χ0) is 21.2. The molecule has 0 fully saturated rings. The molecule has 0 saturated heterocycles. The molecular formula is C25H24N2O4. The van der Waals surface area contributed by atoms with E-state index in [1.165, 1.54) is 19.2 Å². The fourth-order valence-electron chi connectivity index (χ4n) is 4.36. The van der Waals surface area contributed by atoms with E-state index in [-0.39, 0.29) is 17.8 Å². The molecule has 0 amide bonds. The molecule has 3 unspecified atom stereocenters. The number of ketones is 1. The maximum absolute atomic E-state index is 13.4. The minimum atomic E-state index is -0.876. The first kappa shape index (κ1) is 19.5. The zero-order valence-corrected chi connectivity index (χ0v) is 17.4. The van der Waals surface area contributed by atoms with Gasteiger partial charge in [-0.2, -0.15) is 0 Å². The summed E-state index contributed by atoms with van der Waals surface area (Å²) in [6, 6.07) is 9.27. The number of carbonyl (C=O) groups excluding carboxylic acids is 1. The van der Waals surface area contributed by atoms with Crippen LogP contribution in [0.15, 0.2) is 71.9 Å². The first-order valence-electron chi connectivity index (χ1n) is 10.6. The van der Waals surface area contributed by atoms with Crippen molar-refractivity contribution < 1.29 is 19.0 Å². The highest BCUT2D eigenvalue weighted by Crippen LogP contribution is 2.37. The van der Waals surface area contributed by atoms with E-state index in [1.54, 1.807) is 30.6 Å². The lowest BCUT2D eigenvalue weighted by molar-refractivity contribution is 0.0846. The van der Waals surface area contributed by atoms with Crippen molar-refractivity contribution in [3.63, 3.8) is 0 Å². The van der Waals surface area contributed by atoms with Gasteiger partial charge in [0, 0.05) is 23.9 Å². The van der Waals surface area contributed by atoms with Gasteiger partial charge in [0.25, 0.3) is 5.95 Å². The average molecular weight is 416 g/mol. The number of methoxy groups -OCH3 is 1. The number of pyridine rings is 1. The standard InChI is InChI=1S/C25H24N2O4/c1-29-24-14-23(30-18-6-4-12-26-15-18)25(28)19-13-17(9-11-22(19)31-24)21-10-8-16-5-2-3-7-20(16)27-21/h3-4,6-7,9,11-16,21,23H,2,5,8,10H2,1H3. The number of rotatable bonds is 4. The Hall–Kier alpha value is -3.41. The van der Waals surface area contributed by atoms with Gasteiger partial charge in [-0.3, -0.25) is 14.8 Å². The largest absolute Gasteiger partial charge is 0.476 e. The maximum Gasteiger partial charge on any atom is 0.284 e. The number of Topliss-reactive ketones (excluding diaryl/α,β-unsaturated/α-hetero) is 1. The first-order chi connectivity index (χ1) is 15.2. The topological polar surface area (TPSA) is 70.0 Å². The zero-order valence-electron chi connectivity index (χ0n) is 17.4. The number of carbonyl (C=O) groups is 1. The van der Waals surface area contributed by atoms with Crippen molar-refractivity contribution in [1.29, 1.82) is 0 Å². The molecule has 1 aromatic heterocycles. The predicted octanol–water partition coefficient (Wildman–Crippen LogP) is 4.83. The van der Waals surface area contributed by atoms with Crippen molar-refractivity contribution in [2.45, 2.75) is 37.8 Å². The van der Waals surface area contributed by atoms with Crippen molar-refractivity contribution >= 4 is 11.5 Å². The van der Waals surface area contributed by atoms with Crippen molar-refractivity contribution in [2.75, 3.05) is 7.11 Å². The number of fused-ring (bicyclic) bond motifs is 2. The van der Waals surface area contributed by atoms with Crippen LogP contribution < -0.4 is 9.47 Å². The molecule has 1 aromatic carbocycles. The summed E-state index contributed by atoms with van der Waals surface area (Å²) in [6.07, 6.45) is 12.7. The molecule has 3 atom stereocenters. The van der Waals surface area contributed by atoms with Crippen LogP contribution in [0.4, 0.5) is 0 Å². The monoisotopic (exact) mass is 416 g/mol. The van der Waals surface area contributed by atoms with Crippen LogP contribution in [-0.2, 0) is 4.74 Å². The Labute approximate surface area is 181 Å². The highest BCUT2D eigenvalue weighted by Gasteiger charge is 2.31. The molecule has 5 rings (SSSR count). The van der Waals surface area contributed by atoms with Gasteiger partial charge in [0.15, 0.2) is 6.10 Å². The molecule has 3 heterocycles. The second-order valence-corrected chi connectivity index (χ2v) is 7.96. The molecule has 0 bridgehead atoms. The molecule has 158 valence electrons. The van der Waals surface area contributed by atoms with Crippen LogP contribution in [-0.4, -0.2) is 29.7 Å². The second kappa shape index (κ2) is 8.38. The van der Waals surface area contributed by atoms with Crippen molar-refractivity contribution in [3.05, 3.63) is 78.0 Å². The van der Waals surface area contributed by atoms with Crippen LogP contribution in [0.1, 0.15) is 47.6 Å². The molecule has 0 spiro atoms. The summed E-state index contributed by atoms with van der Waals surface area (Å²) >= 11 is 0. The lowest BCUT2D eigenvalue weighted by Gasteiger charge is -2.29. The van der Waals surface area contributed by atoms with Crippen LogP contribution in [0.5, 0.6) is 11.5 Å². The lowest BCUT2D eigenvalue weighted by atomic mass is 9.83. The molecular weight excluding hydrogens is 392 g/mol. The van der Waals surface area contributed by atoms with E-state index in [4.69, 9.17) is 19.2 Å². The Balaban J connectivity index is 1.47. The smallest absolute Gasteiger partial charge is 0.284 e. The fourth-order valence-corrected chi connectivity index (χ4v) is 4.36. The highest BCUT2D eigenvalue weighted by molar-refractivity contribution is 6.04. The molecule has 0 saturated carbocycles. The van der Waals surface area contributed by atoms with Crippen molar-refractivity contribution in [2.24, 2.45) is 10.9 Å². The third kappa shape index (κ3) is 3.98. The molecule has 6 heteroatoms. The summed E-state index contributed by atoms with van der Waals surface area (Å²) in [6.45, 7) is 0. The van der Waals surface area contributed by atoms with E-state index in [1.807, 2.05) is 18.2 Å². The van der Waals surface area contributed by atoms with E-state index in [2.05, 4.69) is 17.1 Å². The molecule has 31 heavy (non-hydrogen) atoms. The molecule has 6 nitrogen and oxygen atoms in total. The van der Waals surface area contributed by atoms with Gasteiger partial charge in [0.2, 0.25) is 5.78 Å². The Morgan fingerprint density at radius 1 is 1.16 bits per heavy atom. The Morgan fingerprint density at radius 3 is 2.94 bits per heavy atom. The third-order valence-electron chi connectivity index (χ3n) is 5.99. The van der Waals surface area contributed by atoms with E-state index >= 15 is 0 Å². The fraction of sp³-hybridized carbons (Fsp3) is 0.320. The molecule has 3 aliphatic rings. The lowest BCUT2D eigenvalue weighted by Crippen LogP contribution is -2.25. The van der Waals surface area contributed by atoms with Gasteiger partial charge in [-0.15, -0.1) is 0 Å². The van der Waals surface area contributed by atoms with Crippen LogP contribution >= 0.6 is 0 Å².